The number of hydrogen-bond donors (Lipinski definition) is 2. The number of sulfonamides is 1. The van der Waals surface area contributed by atoms with E-state index in [9.17, 15) is 17.6 Å². The summed E-state index contributed by atoms with van der Waals surface area (Å²) in [6, 6.07) is 5.28. The average molecular weight is 463 g/mol. The van der Waals surface area contributed by atoms with Gasteiger partial charge in [-0.05, 0) is 32.0 Å². The summed E-state index contributed by atoms with van der Waals surface area (Å²) >= 11 is 0. The number of aliphatic imine (C=N–C) groups is 1. The number of nitrogens with two attached hydrogens (primary N) is 1. The number of anilines is 1. The first-order valence-electron chi connectivity index (χ1n) is 9.71. The number of carbonyl (C=O) groups excluding carboxylic acids is 1. The summed E-state index contributed by atoms with van der Waals surface area (Å²) in [4.78, 5) is 21.0. The predicted octanol–water partition coefficient (Wildman–Crippen LogP) is 1.44. The average Bonchev–Trinajstić information content (AvgIpc) is 2.72. The third kappa shape index (κ3) is 3.93. The van der Waals surface area contributed by atoms with Crippen LogP contribution in [0.3, 0.4) is 0 Å². The Morgan fingerprint density at radius 2 is 2.09 bits per heavy atom. The van der Waals surface area contributed by atoms with Gasteiger partial charge in [-0.15, -0.1) is 0 Å². The molecule has 0 radical (unpaired) electrons. The van der Waals surface area contributed by atoms with Gasteiger partial charge in [0, 0.05) is 24.4 Å². The number of amides is 1. The van der Waals surface area contributed by atoms with Crippen molar-refractivity contribution in [2.24, 2.45) is 10.7 Å². The van der Waals surface area contributed by atoms with Crippen LogP contribution in [-0.2, 0) is 15.6 Å². The molecule has 0 saturated heterocycles. The summed E-state index contributed by atoms with van der Waals surface area (Å²) in [5.41, 5.74) is 4.58. The second-order valence-corrected chi connectivity index (χ2v) is 9.87. The fourth-order valence-corrected chi connectivity index (χ4v) is 4.96. The largest absolute Gasteiger partial charge is 0.486 e. The predicted molar refractivity (Wildman–Crippen MR) is 115 cm³/mol. The van der Waals surface area contributed by atoms with Crippen LogP contribution in [0.15, 0.2) is 35.5 Å². The SMILES string of the molecule is C[C@@H]1COc2cc(C(=O)Nc3ccc(F)c([C@]4(C)CS(=O)(=O)N(C)C(N)=N4)c3)ncc2O1. The van der Waals surface area contributed by atoms with Crippen LogP contribution in [-0.4, -0.2) is 55.1 Å². The second kappa shape index (κ2) is 7.62. The molecule has 32 heavy (non-hydrogen) atoms. The lowest BCUT2D eigenvalue weighted by atomic mass is 9.93. The maximum atomic E-state index is 14.7. The van der Waals surface area contributed by atoms with Gasteiger partial charge in [-0.3, -0.25) is 4.79 Å². The standard InChI is InChI=1S/C20H22FN5O5S/c1-11-9-30-16-7-15(23-8-17(16)31-11)18(27)24-12-4-5-14(21)13(6-12)20(2)10-32(28,29)26(3)19(22)25-20/h4-8,11H,9-10H2,1-3H3,(H2,22,25)(H,24,27)/t11-,20+/m1/s1. The van der Waals surface area contributed by atoms with Gasteiger partial charge in [0.15, 0.2) is 11.5 Å². The number of nitrogens with zero attached hydrogens (tertiary/aromatic N) is 3. The maximum Gasteiger partial charge on any atom is 0.274 e. The minimum atomic E-state index is -3.79. The van der Waals surface area contributed by atoms with E-state index in [0.717, 1.165) is 10.4 Å². The van der Waals surface area contributed by atoms with E-state index in [4.69, 9.17) is 15.2 Å². The van der Waals surface area contributed by atoms with Crippen molar-refractivity contribution in [1.82, 2.24) is 9.29 Å². The van der Waals surface area contributed by atoms with E-state index >= 15 is 0 Å². The van der Waals surface area contributed by atoms with Crippen LogP contribution in [0.1, 0.15) is 29.9 Å². The summed E-state index contributed by atoms with van der Waals surface area (Å²) in [6.45, 7) is 3.67. The number of carbonyl (C=O) groups is 1. The third-order valence-corrected chi connectivity index (χ3v) is 7.18. The fraction of sp³-hybridized carbons (Fsp3) is 0.350. The molecule has 0 fully saturated rings. The minimum Gasteiger partial charge on any atom is -0.486 e. The lowest BCUT2D eigenvalue weighted by Crippen LogP contribution is -2.50. The molecule has 12 heteroatoms. The summed E-state index contributed by atoms with van der Waals surface area (Å²) < 4.78 is 51.5. The molecule has 2 atom stereocenters. The van der Waals surface area contributed by atoms with Gasteiger partial charge in [0.2, 0.25) is 16.0 Å². The first-order chi connectivity index (χ1) is 15.0. The lowest BCUT2D eigenvalue weighted by molar-refractivity contribution is 0.0993. The fourth-order valence-electron chi connectivity index (χ4n) is 3.51. The highest BCUT2D eigenvalue weighted by Gasteiger charge is 2.41. The van der Waals surface area contributed by atoms with Crippen molar-refractivity contribution in [2.45, 2.75) is 25.5 Å². The Hall–Kier alpha value is -3.41. The molecule has 0 spiro atoms. The third-order valence-electron chi connectivity index (χ3n) is 5.24. The molecule has 10 nitrogen and oxygen atoms in total. The van der Waals surface area contributed by atoms with Crippen LogP contribution in [0.2, 0.25) is 0 Å². The van der Waals surface area contributed by atoms with Crippen LogP contribution < -0.4 is 20.5 Å². The molecule has 3 N–H and O–H groups in total. The Balaban J connectivity index is 1.62. The number of guanidine groups is 1. The number of fused-ring (bicyclic) bond motifs is 1. The van der Waals surface area contributed by atoms with Crippen molar-refractivity contribution >= 4 is 27.6 Å². The molecule has 2 aliphatic rings. The molecule has 0 unspecified atom stereocenters. The van der Waals surface area contributed by atoms with Crippen LogP contribution in [0, 0.1) is 5.82 Å². The number of rotatable bonds is 3. The van der Waals surface area contributed by atoms with E-state index in [1.54, 1.807) is 0 Å². The number of hydrogen-bond acceptors (Lipinski definition) is 8. The zero-order valence-electron chi connectivity index (χ0n) is 17.6. The number of nitrogens with one attached hydrogen (secondary N) is 1. The first-order valence-corrected chi connectivity index (χ1v) is 11.3. The Labute approximate surface area is 184 Å². The van der Waals surface area contributed by atoms with Crippen molar-refractivity contribution < 1.29 is 27.1 Å². The number of pyridine rings is 1. The van der Waals surface area contributed by atoms with Gasteiger partial charge in [0.25, 0.3) is 5.91 Å². The van der Waals surface area contributed by atoms with E-state index < -0.39 is 33.0 Å². The molecular formula is C20H22FN5O5S. The zero-order valence-corrected chi connectivity index (χ0v) is 18.4. The highest BCUT2D eigenvalue weighted by atomic mass is 32.2. The van der Waals surface area contributed by atoms with Gasteiger partial charge in [0.1, 0.15) is 29.8 Å². The van der Waals surface area contributed by atoms with Crippen LogP contribution in [0.4, 0.5) is 10.1 Å². The van der Waals surface area contributed by atoms with E-state index in [0.29, 0.717) is 18.1 Å². The summed E-state index contributed by atoms with van der Waals surface area (Å²) in [6.07, 6.45) is 1.28. The summed E-state index contributed by atoms with van der Waals surface area (Å²) in [5.74, 6) is -1.12. The number of ether oxygens (including phenoxy) is 2. The summed E-state index contributed by atoms with van der Waals surface area (Å²) in [5, 5.41) is 2.63. The zero-order chi connectivity index (χ0) is 23.3. The number of halogens is 1. The molecule has 1 aromatic heterocycles. The molecule has 3 heterocycles. The maximum absolute atomic E-state index is 14.7. The van der Waals surface area contributed by atoms with Gasteiger partial charge < -0.3 is 20.5 Å². The highest BCUT2D eigenvalue weighted by Crippen LogP contribution is 2.35. The Morgan fingerprint density at radius 1 is 1.34 bits per heavy atom. The molecule has 2 aliphatic heterocycles. The quantitative estimate of drug-likeness (QED) is 0.703. The molecule has 1 amide bonds. The Morgan fingerprint density at radius 3 is 2.81 bits per heavy atom. The molecule has 4 rings (SSSR count). The van der Waals surface area contributed by atoms with Crippen molar-refractivity contribution in [3.8, 4) is 11.5 Å². The van der Waals surface area contributed by atoms with Crippen molar-refractivity contribution in [1.29, 1.82) is 0 Å². The van der Waals surface area contributed by atoms with Crippen LogP contribution in [0.25, 0.3) is 0 Å². The Bertz CT molecular complexity index is 1230. The van der Waals surface area contributed by atoms with Crippen LogP contribution in [0.5, 0.6) is 11.5 Å². The lowest BCUT2D eigenvalue weighted by Gasteiger charge is -2.34. The van der Waals surface area contributed by atoms with E-state index in [-0.39, 0.29) is 29.0 Å². The van der Waals surface area contributed by atoms with Gasteiger partial charge >= 0.3 is 0 Å². The molecule has 0 aliphatic carbocycles. The number of benzene rings is 1. The van der Waals surface area contributed by atoms with Gasteiger partial charge in [-0.2, -0.15) is 0 Å². The molecular weight excluding hydrogens is 441 g/mol. The van der Waals surface area contributed by atoms with E-state index in [2.05, 4.69) is 15.3 Å². The van der Waals surface area contributed by atoms with Crippen LogP contribution >= 0.6 is 0 Å². The van der Waals surface area contributed by atoms with E-state index in [1.165, 1.54) is 38.4 Å². The smallest absolute Gasteiger partial charge is 0.274 e. The molecule has 0 bridgehead atoms. The highest BCUT2D eigenvalue weighted by molar-refractivity contribution is 7.89. The van der Waals surface area contributed by atoms with Gasteiger partial charge in [-0.25, -0.2) is 27.1 Å². The second-order valence-electron chi connectivity index (χ2n) is 7.87. The minimum absolute atomic E-state index is 0.0148. The van der Waals surface area contributed by atoms with Gasteiger partial charge in [-0.1, -0.05) is 0 Å². The first kappa shape index (κ1) is 21.8. The normalized spacial score (nSPS) is 23.9. The molecule has 1 aromatic carbocycles. The Kier molecular flexibility index (Phi) is 5.19. The number of aromatic nitrogens is 1. The summed E-state index contributed by atoms with van der Waals surface area (Å²) in [7, 11) is -2.51. The van der Waals surface area contributed by atoms with E-state index in [1.807, 2.05) is 6.92 Å². The van der Waals surface area contributed by atoms with Crippen molar-refractivity contribution in [3.63, 3.8) is 0 Å². The molecule has 0 saturated carbocycles. The monoisotopic (exact) mass is 463 g/mol. The van der Waals surface area contributed by atoms with Gasteiger partial charge in [0.05, 0.1) is 11.9 Å². The molecule has 170 valence electrons. The molecule has 2 aromatic rings. The topological polar surface area (TPSA) is 136 Å². The van der Waals surface area contributed by atoms with Crippen molar-refractivity contribution in [3.05, 3.63) is 47.5 Å². The van der Waals surface area contributed by atoms with Crippen molar-refractivity contribution in [2.75, 3.05) is 24.7 Å².